The van der Waals surface area contributed by atoms with Crippen molar-refractivity contribution in [3.8, 4) is 16.9 Å². The van der Waals surface area contributed by atoms with Crippen LogP contribution in [0.25, 0.3) is 17.2 Å². The predicted molar refractivity (Wildman–Crippen MR) is 145 cm³/mol. The molecule has 1 fully saturated rings. The van der Waals surface area contributed by atoms with Gasteiger partial charge < -0.3 is 14.8 Å². The van der Waals surface area contributed by atoms with Crippen LogP contribution in [0.15, 0.2) is 42.0 Å². The van der Waals surface area contributed by atoms with Crippen LogP contribution in [0.2, 0.25) is 0 Å². The number of rotatable bonds is 12. The first kappa shape index (κ1) is 29.0. The van der Waals surface area contributed by atoms with E-state index in [0.717, 1.165) is 49.1 Å². The normalized spacial score (nSPS) is 18.4. The number of fused-ring (bicyclic) bond motifs is 2. The lowest BCUT2D eigenvalue weighted by Gasteiger charge is -2.36. The number of carbonyl (C=O) groups is 1. The molecule has 212 valence electrons. The lowest BCUT2D eigenvalue weighted by atomic mass is 9.79. The molecule has 2 unspecified atom stereocenters. The molecule has 1 N–H and O–H groups in total. The molecule has 2 aromatic carbocycles. The molecule has 4 nitrogen and oxygen atoms in total. The summed E-state index contributed by atoms with van der Waals surface area (Å²) in [4.78, 5) is 12.8. The highest BCUT2D eigenvalue weighted by Gasteiger charge is 2.34. The van der Waals surface area contributed by atoms with Gasteiger partial charge in [0.2, 0.25) is 0 Å². The maximum atomic E-state index is 14.4. The molecular weight excluding hydrogens is 510 g/mol. The molecule has 0 bridgehead atoms. The van der Waals surface area contributed by atoms with Gasteiger partial charge in [0.25, 0.3) is 0 Å². The molecular formula is C31H37F4NO3. The summed E-state index contributed by atoms with van der Waals surface area (Å²) in [7, 11) is 0. The fourth-order valence-corrected chi connectivity index (χ4v) is 5.48. The molecule has 1 aliphatic carbocycles. The zero-order valence-corrected chi connectivity index (χ0v) is 22.4. The highest BCUT2D eigenvalue weighted by Crippen LogP contribution is 2.42. The Labute approximate surface area is 227 Å². The maximum Gasteiger partial charge on any atom is 0.573 e. The quantitative estimate of drug-likeness (QED) is 0.164. The average Bonchev–Trinajstić information content (AvgIpc) is 2.90. The fraction of sp³-hybridized carbons (Fsp3) is 0.516. The lowest BCUT2D eigenvalue weighted by Crippen LogP contribution is -2.35. The van der Waals surface area contributed by atoms with Crippen molar-refractivity contribution in [2.75, 3.05) is 11.9 Å². The van der Waals surface area contributed by atoms with Gasteiger partial charge in [-0.2, -0.15) is 0 Å². The van der Waals surface area contributed by atoms with Gasteiger partial charge in [-0.3, -0.25) is 4.79 Å². The first-order valence-electron chi connectivity index (χ1n) is 14.1. The molecule has 0 spiro atoms. The minimum atomic E-state index is -4.97. The minimum Gasteiger partial charge on any atom is -0.465 e. The van der Waals surface area contributed by atoms with E-state index in [1.807, 2.05) is 12.1 Å². The predicted octanol–water partition coefficient (Wildman–Crippen LogP) is 9.05. The Kier molecular flexibility index (Phi) is 9.92. The van der Waals surface area contributed by atoms with Crippen LogP contribution in [0.5, 0.6) is 5.75 Å². The summed E-state index contributed by atoms with van der Waals surface area (Å²) in [5, 5.41) is 3.52. The average molecular weight is 548 g/mol. The Bertz CT molecular complexity index is 1160. The third kappa shape index (κ3) is 7.99. The van der Waals surface area contributed by atoms with Crippen LogP contribution in [0.4, 0.5) is 23.2 Å². The monoisotopic (exact) mass is 547 g/mol. The van der Waals surface area contributed by atoms with Gasteiger partial charge in [-0.15, -0.1) is 13.2 Å². The Morgan fingerprint density at radius 3 is 2.49 bits per heavy atom. The SMILES string of the molecule is CCCCCCCCCCOC(=O)C1CCC2=Cc3cccc(-c4ccc(OC(F)(F)F)c(F)c4)c3NC2C1. The first-order valence-corrected chi connectivity index (χ1v) is 14.1. The number of hydrogen-bond donors (Lipinski definition) is 1. The third-order valence-electron chi connectivity index (χ3n) is 7.55. The number of carbonyl (C=O) groups excluding carboxylic acids is 1. The zero-order chi connectivity index (χ0) is 27.8. The van der Waals surface area contributed by atoms with Crippen molar-refractivity contribution in [1.82, 2.24) is 0 Å². The molecule has 2 aromatic rings. The number of para-hydroxylation sites is 1. The molecule has 0 amide bonds. The Morgan fingerprint density at radius 1 is 1.03 bits per heavy atom. The van der Waals surface area contributed by atoms with Crippen LogP contribution >= 0.6 is 0 Å². The molecule has 0 radical (unpaired) electrons. The number of esters is 1. The highest BCUT2D eigenvalue weighted by molar-refractivity contribution is 5.88. The van der Waals surface area contributed by atoms with Gasteiger partial charge in [-0.25, -0.2) is 4.39 Å². The van der Waals surface area contributed by atoms with Gasteiger partial charge in [0, 0.05) is 17.3 Å². The van der Waals surface area contributed by atoms with Gasteiger partial charge in [0.1, 0.15) is 0 Å². The van der Waals surface area contributed by atoms with Crippen molar-refractivity contribution >= 4 is 17.7 Å². The molecule has 1 aliphatic heterocycles. The Balaban J connectivity index is 1.34. The number of benzene rings is 2. The molecule has 0 saturated heterocycles. The second-order valence-corrected chi connectivity index (χ2v) is 10.5. The third-order valence-corrected chi connectivity index (χ3v) is 7.55. The summed E-state index contributed by atoms with van der Waals surface area (Å²) < 4.78 is 61.4. The zero-order valence-electron chi connectivity index (χ0n) is 22.4. The number of anilines is 1. The van der Waals surface area contributed by atoms with Crippen molar-refractivity contribution < 1.29 is 31.8 Å². The van der Waals surface area contributed by atoms with Crippen molar-refractivity contribution in [2.45, 2.75) is 90.0 Å². The number of unbranched alkanes of at least 4 members (excludes halogenated alkanes) is 7. The molecule has 39 heavy (non-hydrogen) atoms. The van der Waals surface area contributed by atoms with Crippen LogP contribution in [-0.2, 0) is 9.53 Å². The van der Waals surface area contributed by atoms with Crippen molar-refractivity contribution in [3.63, 3.8) is 0 Å². The molecule has 1 heterocycles. The fourth-order valence-electron chi connectivity index (χ4n) is 5.48. The van der Waals surface area contributed by atoms with E-state index in [4.69, 9.17) is 4.74 Å². The summed E-state index contributed by atoms with van der Waals surface area (Å²) in [5.41, 5.74) is 3.99. The largest absolute Gasteiger partial charge is 0.573 e. The second kappa shape index (κ2) is 13.4. The molecule has 4 rings (SSSR count). The summed E-state index contributed by atoms with van der Waals surface area (Å²) in [6, 6.07) is 8.95. The maximum absolute atomic E-state index is 14.4. The molecule has 1 saturated carbocycles. The second-order valence-electron chi connectivity index (χ2n) is 10.5. The van der Waals surface area contributed by atoms with E-state index < -0.39 is 17.9 Å². The van der Waals surface area contributed by atoms with E-state index in [9.17, 15) is 22.4 Å². The van der Waals surface area contributed by atoms with Gasteiger partial charge in [0.05, 0.1) is 12.5 Å². The number of ether oxygens (including phenoxy) is 2. The van der Waals surface area contributed by atoms with Crippen LogP contribution in [0.1, 0.15) is 83.1 Å². The van der Waals surface area contributed by atoms with E-state index in [1.165, 1.54) is 50.2 Å². The lowest BCUT2D eigenvalue weighted by molar-refractivity contribution is -0.275. The van der Waals surface area contributed by atoms with E-state index in [-0.39, 0.29) is 17.9 Å². The van der Waals surface area contributed by atoms with Gasteiger partial charge in [0.15, 0.2) is 11.6 Å². The number of alkyl halides is 3. The summed E-state index contributed by atoms with van der Waals surface area (Å²) >= 11 is 0. The summed E-state index contributed by atoms with van der Waals surface area (Å²) in [5.74, 6) is -2.31. The van der Waals surface area contributed by atoms with Gasteiger partial charge in [-0.1, -0.05) is 82.2 Å². The van der Waals surface area contributed by atoms with E-state index >= 15 is 0 Å². The number of hydrogen-bond acceptors (Lipinski definition) is 4. The van der Waals surface area contributed by atoms with Crippen molar-refractivity contribution in [2.24, 2.45) is 5.92 Å². The standard InChI is InChI=1S/C31H37F4NO3/c1-2-3-4-5-6-7-8-9-17-38-30(37)24-14-13-22-18-23-11-10-12-25(29(23)36-27(22)20-24)21-15-16-28(26(32)19-21)39-31(33,34)35/h10-12,15-16,18-19,24,27,36H,2-9,13-14,17,20H2,1H3. The molecule has 2 atom stereocenters. The van der Waals surface area contributed by atoms with Gasteiger partial charge in [-0.05, 0) is 54.5 Å². The van der Waals surface area contributed by atoms with E-state index in [2.05, 4.69) is 23.1 Å². The highest BCUT2D eigenvalue weighted by atomic mass is 19.4. The Morgan fingerprint density at radius 2 is 1.77 bits per heavy atom. The summed E-state index contributed by atoms with van der Waals surface area (Å²) in [6.07, 6.45) is 8.73. The number of halogens is 4. The minimum absolute atomic E-state index is 0.0641. The summed E-state index contributed by atoms with van der Waals surface area (Å²) in [6.45, 7) is 2.67. The number of nitrogens with one attached hydrogen (secondary N) is 1. The topological polar surface area (TPSA) is 47.6 Å². The first-order chi connectivity index (χ1) is 18.7. The molecule has 0 aromatic heterocycles. The van der Waals surface area contributed by atoms with Crippen LogP contribution in [0, 0.1) is 11.7 Å². The van der Waals surface area contributed by atoms with Gasteiger partial charge >= 0.3 is 12.3 Å². The van der Waals surface area contributed by atoms with Crippen LogP contribution in [0.3, 0.4) is 0 Å². The van der Waals surface area contributed by atoms with Crippen LogP contribution in [-0.4, -0.2) is 25.0 Å². The smallest absolute Gasteiger partial charge is 0.465 e. The molecule has 2 aliphatic rings. The van der Waals surface area contributed by atoms with E-state index in [0.29, 0.717) is 24.2 Å². The molecule has 8 heteroatoms. The van der Waals surface area contributed by atoms with Crippen LogP contribution < -0.4 is 10.1 Å². The van der Waals surface area contributed by atoms with E-state index in [1.54, 1.807) is 6.07 Å². The Hall–Kier alpha value is -3.03. The van der Waals surface area contributed by atoms with Crippen molar-refractivity contribution in [1.29, 1.82) is 0 Å². The van der Waals surface area contributed by atoms with Crippen molar-refractivity contribution in [3.05, 3.63) is 53.4 Å².